The van der Waals surface area contributed by atoms with Crippen LogP contribution in [0.15, 0.2) is 55.2 Å². The highest BCUT2D eigenvalue weighted by molar-refractivity contribution is 5.83. The van der Waals surface area contributed by atoms with E-state index in [4.69, 9.17) is 10.2 Å². The van der Waals surface area contributed by atoms with Gasteiger partial charge in [-0.05, 0) is 36.8 Å². The van der Waals surface area contributed by atoms with E-state index in [0.717, 1.165) is 59.1 Å². The number of rotatable bonds is 4. The minimum Gasteiger partial charge on any atom is -0.258 e. The van der Waals surface area contributed by atoms with Crippen LogP contribution in [-0.4, -0.2) is 24.4 Å². The topological polar surface area (TPSA) is 95.6 Å². The SMILES string of the molecule is N#CCn1cc(-c2ccc(-c3cnn4ccnc(C5CCC(C#N)CC5)c34)cc2)cn1. The van der Waals surface area contributed by atoms with Crippen LogP contribution in [0.1, 0.15) is 37.3 Å². The number of benzene rings is 1. The predicted molar refractivity (Wildman–Crippen MR) is 116 cm³/mol. The molecule has 1 aromatic carbocycles. The lowest BCUT2D eigenvalue weighted by Gasteiger charge is -2.24. The molecule has 3 heterocycles. The summed E-state index contributed by atoms with van der Waals surface area (Å²) in [5.41, 5.74) is 6.32. The molecular formula is C24H21N7. The molecule has 0 spiro atoms. The van der Waals surface area contributed by atoms with Crippen molar-refractivity contribution in [2.45, 2.75) is 38.1 Å². The van der Waals surface area contributed by atoms with Gasteiger partial charge in [-0.3, -0.25) is 9.67 Å². The Kier molecular flexibility index (Phi) is 4.93. The average Bonchev–Trinajstić information content (AvgIpc) is 3.47. The van der Waals surface area contributed by atoms with Crippen molar-refractivity contribution in [3.05, 3.63) is 60.9 Å². The third-order valence-corrected chi connectivity index (χ3v) is 6.15. The largest absolute Gasteiger partial charge is 0.258 e. The third kappa shape index (κ3) is 3.55. The Hall–Kier alpha value is -3.97. The van der Waals surface area contributed by atoms with Crippen molar-refractivity contribution in [3.63, 3.8) is 0 Å². The molecule has 7 nitrogen and oxygen atoms in total. The standard InChI is InChI=1S/C24H21N7/c25-9-11-30-16-21(14-28-30)18-5-7-19(8-6-18)22-15-29-31-12-10-27-23(24(22)31)20-3-1-17(13-26)2-4-20/h5-8,10,12,14-17,20H,1-4,11H2. The van der Waals surface area contributed by atoms with Gasteiger partial charge in [-0.1, -0.05) is 24.3 Å². The van der Waals surface area contributed by atoms with Crippen molar-refractivity contribution in [1.82, 2.24) is 24.4 Å². The van der Waals surface area contributed by atoms with Gasteiger partial charge in [0.25, 0.3) is 0 Å². The van der Waals surface area contributed by atoms with Gasteiger partial charge in [0.2, 0.25) is 0 Å². The number of nitriles is 2. The van der Waals surface area contributed by atoms with E-state index in [0.29, 0.717) is 5.92 Å². The van der Waals surface area contributed by atoms with Crippen molar-refractivity contribution in [3.8, 4) is 34.4 Å². The average molecular weight is 407 g/mol. The molecule has 0 bridgehead atoms. The highest BCUT2D eigenvalue weighted by atomic mass is 15.3. The van der Waals surface area contributed by atoms with Crippen LogP contribution in [0, 0.1) is 28.6 Å². The molecule has 1 aliphatic carbocycles. The van der Waals surface area contributed by atoms with E-state index in [1.54, 1.807) is 10.9 Å². The van der Waals surface area contributed by atoms with E-state index in [9.17, 15) is 5.26 Å². The first-order valence-corrected chi connectivity index (χ1v) is 10.5. The van der Waals surface area contributed by atoms with E-state index in [-0.39, 0.29) is 12.5 Å². The monoisotopic (exact) mass is 407 g/mol. The first-order chi connectivity index (χ1) is 15.3. The number of aromatic nitrogens is 5. The zero-order chi connectivity index (χ0) is 21.2. The maximum Gasteiger partial charge on any atom is 0.128 e. The zero-order valence-electron chi connectivity index (χ0n) is 17.0. The summed E-state index contributed by atoms with van der Waals surface area (Å²) in [7, 11) is 0. The number of nitrogens with zero attached hydrogens (tertiary/aromatic N) is 7. The molecule has 0 amide bonds. The fourth-order valence-electron chi connectivity index (χ4n) is 4.49. The summed E-state index contributed by atoms with van der Waals surface area (Å²) in [6.07, 6.45) is 13.1. The molecule has 7 heteroatoms. The Morgan fingerprint density at radius 2 is 1.71 bits per heavy atom. The Labute approximate surface area is 180 Å². The van der Waals surface area contributed by atoms with Crippen LogP contribution in [0.5, 0.6) is 0 Å². The molecule has 0 saturated heterocycles. The molecule has 1 aliphatic rings. The summed E-state index contributed by atoms with van der Waals surface area (Å²) < 4.78 is 3.54. The van der Waals surface area contributed by atoms with Crippen LogP contribution >= 0.6 is 0 Å². The van der Waals surface area contributed by atoms with E-state index < -0.39 is 0 Å². The Morgan fingerprint density at radius 3 is 2.45 bits per heavy atom. The first kappa shape index (κ1) is 19.0. The van der Waals surface area contributed by atoms with E-state index >= 15 is 0 Å². The van der Waals surface area contributed by atoms with Crippen molar-refractivity contribution in [2.24, 2.45) is 5.92 Å². The second-order valence-electron chi connectivity index (χ2n) is 8.00. The van der Waals surface area contributed by atoms with Gasteiger partial charge in [-0.25, -0.2) is 4.52 Å². The quantitative estimate of drug-likeness (QED) is 0.493. The summed E-state index contributed by atoms with van der Waals surface area (Å²) in [5.74, 6) is 0.527. The van der Waals surface area contributed by atoms with Crippen LogP contribution in [0.3, 0.4) is 0 Å². The zero-order valence-corrected chi connectivity index (χ0v) is 17.0. The van der Waals surface area contributed by atoms with Gasteiger partial charge < -0.3 is 0 Å². The van der Waals surface area contributed by atoms with Gasteiger partial charge in [0, 0.05) is 41.6 Å². The molecular weight excluding hydrogens is 386 g/mol. The van der Waals surface area contributed by atoms with E-state index in [1.165, 1.54) is 0 Å². The lowest BCUT2D eigenvalue weighted by atomic mass is 9.80. The van der Waals surface area contributed by atoms with Gasteiger partial charge in [0.05, 0.1) is 35.7 Å². The maximum absolute atomic E-state index is 9.21. The van der Waals surface area contributed by atoms with Crippen LogP contribution in [0.25, 0.3) is 27.8 Å². The maximum atomic E-state index is 9.21. The van der Waals surface area contributed by atoms with Gasteiger partial charge in [0.1, 0.15) is 6.54 Å². The molecule has 5 rings (SSSR count). The van der Waals surface area contributed by atoms with Crippen LogP contribution in [-0.2, 0) is 6.54 Å². The van der Waals surface area contributed by atoms with Gasteiger partial charge >= 0.3 is 0 Å². The van der Waals surface area contributed by atoms with Gasteiger partial charge in [-0.2, -0.15) is 20.7 Å². The molecule has 1 saturated carbocycles. The Bertz CT molecular complexity index is 1290. The molecule has 0 N–H and O–H groups in total. The van der Waals surface area contributed by atoms with Crippen molar-refractivity contribution in [2.75, 3.05) is 0 Å². The van der Waals surface area contributed by atoms with Crippen molar-refractivity contribution >= 4 is 5.52 Å². The molecule has 0 radical (unpaired) electrons. The predicted octanol–water partition coefficient (Wildman–Crippen LogP) is 4.58. The van der Waals surface area contributed by atoms with Crippen molar-refractivity contribution < 1.29 is 0 Å². The van der Waals surface area contributed by atoms with E-state index in [1.807, 2.05) is 29.3 Å². The molecule has 31 heavy (non-hydrogen) atoms. The summed E-state index contributed by atoms with van der Waals surface area (Å²) in [6, 6.07) is 12.8. The fraction of sp³-hybridized carbons (Fsp3) is 0.292. The molecule has 4 aromatic rings. The molecule has 1 fully saturated rings. The number of fused-ring (bicyclic) bond motifs is 1. The van der Waals surface area contributed by atoms with Gasteiger partial charge in [-0.15, -0.1) is 0 Å². The Morgan fingerprint density at radius 1 is 0.935 bits per heavy atom. The molecule has 3 aromatic heterocycles. The van der Waals surface area contributed by atoms with Crippen LogP contribution in [0.2, 0.25) is 0 Å². The summed E-state index contributed by atoms with van der Waals surface area (Å²) in [4.78, 5) is 4.74. The van der Waals surface area contributed by atoms with Crippen molar-refractivity contribution in [1.29, 1.82) is 10.5 Å². The third-order valence-electron chi connectivity index (χ3n) is 6.15. The number of hydrogen-bond acceptors (Lipinski definition) is 5. The molecule has 152 valence electrons. The van der Waals surface area contributed by atoms with E-state index in [2.05, 4.69) is 46.6 Å². The highest BCUT2D eigenvalue weighted by Crippen LogP contribution is 2.38. The second-order valence-corrected chi connectivity index (χ2v) is 8.00. The second kappa shape index (κ2) is 8.04. The Balaban J connectivity index is 1.48. The minimum absolute atomic E-state index is 0.172. The van der Waals surface area contributed by atoms with Crippen LogP contribution in [0.4, 0.5) is 0 Å². The normalized spacial score (nSPS) is 18.5. The fourth-order valence-corrected chi connectivity index (χ4v) is 4.49. The molecule has 0 aliphatic heterocycles. The smallest absolute Gasteiger partial charge is 0.128 e. The highest BCUT2D eigenvalue weighted by Gasteiger charge is 2.26. The lowest BCUT2D eigenvalue weighted by molar-refractivity contribution is 0.378. The van der Waals surface area contributed by atoms with Gasteiger partial charge in [0.15, 0.2) is 0 Å². The van der Waals surface area contributed by atoms with Crippen LogP contribution < -0.4 is 0 Å². The lowest BCUT2D eigenvalue weighted by Crippen LogP contribution is -2.14. The molecule has 0 unspecified atom stereocenters. The summed E-state index contributed by atoms with van der Waals surface area (Å²) >= 11 is 0. The minimum atomic E-state index is 0.172. The summed E-state index contributed by atoms with van der Waals surface area (Å²) in [6.45, 7) is 0.243. The molecule has 0 atom stereocenters. The summed E-state index contributed by atoms with van der Waals surface area (Å²) in [5, 5.41) is 26.8. The first-order valence-electron chi connectivity index (χ1n) is 10.5. The number of hydrogen-bond donors (Lipinski definition) is 0.